The van der Waals surface area contributed by atoms with Crippen LogP contribution in [-0.4, -0.2) is 41.9 Å². The van der Waals surface area contributed by atoms with Gasteiger partial charge in [-0.3, -0.25) is 9.58 Å². The second-order valence-corrected chi connectivity index (χ2v) is 8.76. The van der Waals surface area contributed by atoms with Crippen LogP contribution in [0.25, 0.3) is 0 Å². The predicted molar refractivity (Wildman–Crippen MR) is 98.6 cm³/mol. The van der Waals surface area contributed by atoms with Crippen LogP contribution < -0.4 is 4.72 Å². The smallest absolute Gasteiger partial charge is 0.211 e. The van der Waals surface area contributed by atoms with E-state index >= 15 is 0 Å². The Morgan fingerprint density at radius 1 is 1.32 bits per heavy atom. The van der Waals surface area contributed by atoms with Gasteiger partial charge in [-0.25, -0.2) is 13.1 Å². The monoisotopic (exact) mass is 362 g/mol. The Balaban J connectivity index is 1.67. The molecule has 0 aliphatic carbocycles. The van der Waals surface area contributed by atoms with Crippen LogP contribution in [0.5, 0.6) is 0 Å². The molecule has 0 bridgehead atoms. The van der Waals surface area contributed by atoms with Crippen LogP contribution in [-0.2, 0) is 23.1 Å². The van der Waals surface area contributed by atoms with Crippen molar-refractivity contribution in [1.29, 1.82) is 0 Å². The number of nitrogens with one attached hydrogen (secondary N) is 1. The van der Waals surface area contributed by atoms with E-state index in [1.165, 1.54) is 16.8 Å². The van der Waals surface area contributed by atoms with Crippen molar-refractivity contribution < 1.29 is 8.42 Å². The molecule has 0 unspecified atom stereocenters. The van der Waals surface area contributed by atoms with Crippen LogP contribution in [0.15, 0.2) is 36.5 Å². The lowest BCUT2D eigenvalue weighted by atomic mass is 10.1. The van der Waals surface area contributed by atoms with Crippen molar-refractivity contribution in [1.82, 2.24) is 19.4 Å². The van der Waals surface area contributed by atoms with Crippen molar-refractivity contribution in [3.05, 3.63) is 53.3 Å². The third-order valence-corrected chi connectivity index (χ3v) is 6.02. The molecule has 136 valence electrons. The Hall–Kier alpha value is -1.70. The maximum absolute atomic E-state index is 11.6. The SMILES string of the molecule is CCS(=O)(=O)NCC[C@@H]1CN(Cc2cccc(C)c2)Cc2ccnn21. The van der Waals surface area contributed by atoms with Gasteiger partial charge in [0, 0.05) is 32.4 Å². The number of nitrogens with zero attached hydrogens (tertiary/aromatic N) is 3. The molecule has 2 heterocycles. The third-order valence-electron chi connectivity index (χ3n) is 4.62. The Morgan fingerprint density at radius 3 is 2.92 bits per heavy atom. The summed E-state index contributed by atoms with van der Waals surface area (Å²) in [5, 5.41) is 4.44. The highest BCUT2D eigenvalue weighted by Gasteiger charge is 2.25. The Bertz CT molecular complexity index is 816. The Labute approximate surface area is 149 Å². The summed E-state index contributed by atoms with van der Waals surface area (Å²) in [6.07, 6.45) is 2.56. The molecule has 0 amide bonds. The maximum Gasteiger partial charge on any atom is 0.211 e. The minimum absolute atomic E-state index is 0.115. The molecule has 1 aromatic heterocycles. The van der Waals surface area contributed by atoms with Gasteiger partial charge in [-0.1, -0.05) is 29.8 Å². The van der Waals surface area contributed by atoms with E-state index in [0.29, 0.717) is 6.54 Å². The number of fused-ring (bicyclic) bond motifs is 1. The number of benzene rings is 1. The van der Waals surface area contributed by atoms with Gasteiger partial charge in [0.1, 0.15) is 0 Å². The fraction of sp³-hybridized carbons (Fsp3) is 0.500. The molecule has 6 nitrogen and oxygen atoms in total. The average Bonchev–Trinajstić information content (AvgIpc) is 3.03. The molecule has 25 heavy (non-hydrogen) atoms. The molecular weight excluding hydrogens is 336 g/mol. The van der Waals surface area contributed by atoms with Crippen LogP contribution in [0.1, 0.15) is 36.2 Å². The lowest BCUT2D eigenvalue weighted by Crippen LogP contribution is -2.39. The Morgan fingerprint density at radius 2 is 2.16 bits per heavy atom. The first-order valence-electron chi connectivity index (χ1n) is 8.74. The molecule has 0 radical (unpaired) electrons. The molecule has 1 aromatic carbocycles. The normalized spacial score (nSPS) is 18.2. The van der Waals surface area contributed by atoms with Gasteiger partial charge in [0.25, 0.3) is 0 Å². The van der Waals surface area contributed by atoms with E-state index < -0.39 is 10.0 Å². The van der Waals surface area contributed by atoms with Crippen LogP contribution in [0.4, 0.5) is 0 Å². The molecule has 3 rings (SSSR count). The molecule has 0 spiro atoms. The molecule has 0 fully saturated rings. The van der Waals surface area contributed by atoms with E-state index in [-0.39, 0.29) is 11.8 Å². The summed E-state index contributed by atoms with van der Waals surface area (Å²) in [5.74, 6) is 0.115. The van der Waals surface area contributed by atoms with E-state index in [9.17, 15) is 8.42 Å². The topological polar surface area (TPSA) is 67.2 Å². The predicted octanol–water partition coefficient (Wildman–Crippen LogP) is 2.08. The van der Waals surface area contributed by atoms with E-state index in [4.69, 9.17) is 0 Å². The van der Waals surface area contributed by atoms with Gasteiger partial charge < -0.3 is 0 Å². The highest BCUT2D eigenvalue weighted by Crippen LogP contribution is 2.24. The molecule has 7 heteroatoms. The molecule has 1 aliphatic rings. The van der Waals surface area contributed by atoms with Crippen LogP contribution >= 0.6 is 0 Å². The van der Waals surface area contributed by atoms with Crippen molar-refractivity contribution >= 4 is 10.0 Å². The summed E-state index contributed by atoms with van der Waals surface area (Å²) in [7, 11) is -3.14. The zero-order valence-corrected chi connectivity index (χ0v) is 15.7. The molecule has 1 aliphatic heterocycles. The number of hydrogen-bond acceptors (Lipinski definition) is 4. The van der Waals surface area contributed by atoms with Crippen LogP contribution in [0.3, 0.4) is 0 Å². The van der Waals surface area contributed by atoms with Gasteiger partial charge in [-0.05, 0) is 31.9 Å². The van der Waals surface area contributed by atoms with Crippen molar-refractivity contribution in [3.63, 3.8) is 0 Å². The van der Waals surface area contributed by atoms with Crippen molar-refractivity contribution in [2.45, 2.75) is 39.4 Å². The van der Waals surface area contributed by atoms with Gasteiger partial charge in [0.05, 0.1) is 17.5 Å². The first-order chi connectivity index (χ1) is 12.0. The first-order valence-corrected chi connectivity index (χ1v) is 10.4. The third kappa shape index (κ3) is 4.68. The van der Waals surface area contributed by atoms with Gasteiger partial charge in [0.15, 0.2) is 0 Å². The lowest BCUT2D eigenvalue weighted by molar-refractivity contribution is 0.162. The summed E-state index contributed by atoms with van der Waals surface area (Å²) >= 11 is 0. The van der Waals surface area contributed by atoms with Gasteiger partial charge >= 0.3 is 0 Å². The highest BCUT2D eigenvalue weighted by molar-refractivity contribution is 7.89. The number of hydrogen-bond donors (Lipinski definition) is 1. The van der Waals surface area contributed by atoms with Gasteiger partial charge in [0.2, 0.25) is 10.0 Å². The molecule has 0 saturated heterocycles. The highest BCUT2D eigenvalue weighted by atomic mass is 32.2. The molecular formula is C18H26N4O2S. The number of rotatable bonds is 7. The fourth-order valence-electron chi connectivity index (χ4n) is 3.35. The molecule has 2 aromatic rings. The second-order valence-electron chi connectivity index (χ2n) is 6.67. The standard InChI is InChI=1S/C18H26N4O2S/c1-3-25(23,24)20-10-8-18-14-21(13-17-7-9-19-22(17)18)12-16-6-4-5-15(2)11-16/h4-7,9,11,18,20H,3,8,10,12-14H2,1-2H3/t18-/m1/s1. The van der Waals surface area contributed by atoms with Crippen LogP contribution in [0, 0.1) is 6.92 Å². The Kier molecular flexibility index (Phi) is 5.56. The second kappa shape index (κ2) is 7.68. The summed E-state index contributed by atoms with van der Waals surface area (Å²) in [6.45, 7) is 6.83. The van der Waals surface area contributed by atoms with E-state index in [2.05, 4.69) is 45.9 Å². The van der Waals surface area contributed by atoms with Crippen molar-refractivity contribution in [2.24, 2.45) is 0 Å². The van der Waals surface area contributed by atoms with Crippen LogP contribution in [0.2, 0.25) is 0 Å². The summed E-state index contributed by atoms with van der Waals surface area (Å²) in [5.41, 5.74) is 3.76. The quantitative estimate of drug-likeness (QED) is 0.819. The molecule has 1 atom stereocenters. The number of aromatic nitrogens is 2. The average molecular weight is 362 g/mol. The minimum Gasteiger partial charge on any atom is -0.291 e. The maximum atomic E-state index is 11.6. The van der Waals surface area contributed by atoms with Gasteiger partial charge in [-0.2, -0.15) is 5.10 Å². The summed E-state index contributed by atoms with van der Waals surface area (Å²) in [4.78, 5) is 2.41. The minimum atomic E-state index is -3.14. The van der Waals surface area contributed by atoms with E-state index in [1.807, 2.05) is 16.9 Å². The van der Waals surface area contributed by atoms with E-state index in [1.54, 1.807) is 6.92 Å². The number of sulfonamides is 1. The van der Waals surface area contributed by atoms with Crippen molar-refractivity contribution in [2.75, 3.05) is 18.8 Å². The summed E-state index contributed by atoms with van der Waals surface area (Å²) in [6, 6.07) is 10.8. The first kappa shape index (κ1) is 18.1. The fourth-order valence-corrected chi connectivity index (χ4v) is 3.98. The molecule has 0 saturated carbocycles. The molecule has 1 N–H and O–H groups in total. The van der Waals surface area contributed by atoms with Crippen molar-refractivity contribution in [3.8, 4) is 0 Å². The zero-order valence-electron chi connectivity index (χ0n) is 14.9. The largest absolute Gasteiger partial charge is 0.291 e. The zero-order chi connectivity index (χ0) is 17.9. The number of aryl methyl sites for hydroxylation is 1. The lowest BCUT2D eigenvalue weighted by Gasteiger charge is -2.34. The van der Waals surface area contributed by atoms with E-state index in [0.717, 1.165) is 26.1 Å². The summed E-state index contributed by atoms with van der Waals surface area (Å²) < 4.78 is 28.0. The van der Waals surface area contributed by atoms with Gasteiger partial charge in [-0.15, -0.1) is 0 Å².